The van der Waals surface area contributed by atoms with Gasteiger partial charge in [-0.05, 0) is 61.5 Å². The molecule has 1 heterocycles. The maximum Gasteiger partial charge on any atom is 0.250 e. The third-order valence-corrected chi connectivity index (χ3v) is 6.97. The Labute approximate surface area is 188 Å². The van der Waals surface area contributed by atoms with Crippen LogP contribution in [-0.4, -0.2) is 43.9 Å². The Kier molecular flexibility index (Phi) is 7.78. The highest BCUT2D eigenvalue weighted by Gasteiger charge is 2.25. The van der Waals surface area contributed by atoms with E-state index in [-0.39, 0.29) is 10.0 Å². The van der Waals surface area contributed by atoms with E-state index in [1.807, 2.05) is 18.2 Å². The van der Waals surface area contributed by atoms with Crippen LogP contribution in [0, 0.1) is 0 Å². The summed E-state index contributed by atoms with van der Waals surface area (Å²) in [6.45, 7) is 1.11. The van der Waals surface area contributed by atoms with Crippen molar-refractivity contribution in [2.45, 2.75) is 24.2 Å². The zero-order valence-electron chi connectivity index (χ0n) is 17.2. The molecule has 0 saturated carbocycles. The molecule has 2 N–H and O–H groups in total. The second-order valence-electron chi connectivity index (χ2n) is 7.01. The molecule has 1 fully saturated rings. The van der Waals surface area contributed by atoms with Gasteiger partial charge in [-0.2, -0.15) is 4.31 Å². The monoisotopic (exact) mass is 459 g/mol. The van der Waals surface area contributed by atoms with Crippen LogP contribution in [0.5, 0.6) is 5.75 Å². The molecule has 0 aliphatic carbocycles. The van der Waals surface area contributed by atoms with E-state index in [0.29, 0.717) is 24.5 Å². The van der Waals surface area contributed by atoms with Crippen molar-refractivity contribution in [3.05, 3.63) is 60.2 Å². The Morgan fingerprint density at radius 1 is 1.06 bits per heavy atom. The lowest BCUT2D eigenvalue weighted by Crippen LogP contribution is -2.35. The van der Waals surface area contributed by atoms with Gasteiger partial charge in [-0.1, -0.05) is 24.6 Å². The lowest BCUT2D eigenvalue weighted by atomic mass is 10.2. The van der Waals surface area contributed by atoms with Gasteiger partial charge in [0.05, 0.1) is 12.0 Å². The number of hydrogen-bond donors (Lipinski definition) is 2. The fraction of sp³-hybridized carbons (Fsp3) is 0.273. The molecule has 1 amide bonds. The highest BCUT2D eigenvalue weighted by Crippen LogP contribution is 2.22. The lowest BCUT2D eigenvalue weighted by molar-refractivity contribution is -0.115. The standard InChI is InChI=1S/C22H25N3O4S2/c1-29-20-8-4-3-7-17(20)9-14-21(26)24-22(30)23-18-10-12-19(13-11-18)31(27,28)25-15-5-2-6-16-25/h3-4,7-14H,2,5-6,15-16H2,1H3,(H2,23,24,26,30). The van der Waals surface area contributed by atoms with Crippen LogP contribution in [0.2, 0.25) is 0 Å². The summed E-state index contributed by atoms with van der Waals surface area (Å²) in [6, 6.07) is 13.7. The number of hydrogen-bond acceptors (Lipinski definition) is 5. The number of anilines is 1. The van der Waals surface area contributed by atoms with Gasteiger partial charge in [0.1, 0.15) is 5.75 Å². The molecule has 164 valence electrons. The van der Waals surface area contributed by atoms with E-state index < -0.39 is 15.9 Å². The third-order valence-electron chi connectivity index (χ3n) is 4.85. The SMILES string of the molecule is COc1ccccc1C=CC(=O)NC(=S)Nc1ccc(S(=O)(=O)N2CCCCC2)cc1. The van der Waals surface area contributed by atoms with Crippen LogP contribution >= 0.6 is 12.2 Å². The topological polar surface area (TPSA) is 87.7 Å². The van der Waals surface area contributed by atoms with Crippen molar-refractivity contribution in [2.24, 2.45) is 0 Å². The molecule has 0 radical (unpaired) electrons. The van der Waals surface area contributed by atoms with Gasteiger partial charge >= 0.3 is 0 Å². The molecule has 2 aromatic carbocycles. The number of benzene rings is 2. The maximum atomic E-state index is 12.7. The van der Waals surface area contributed by atoms with E-state index in [2.05, 4.69) is 10.6 Å². The zero-order valence-corrected chi connectivity index (χ0v) is 18.8. The molecule has 1 saturated heterocycles. The second-order valence-corrected chi connectivity index (χ2v) is 9.35. The Bertz CT molecular complexity index is 1060. The van der Waals surface area contributed by atoms with Crippen LogP contribution < -0.4 is 15.4 Å². The number of para-hydroxylation sites is 1. The Hall–Kier alpha value is -2.75. The molecule has 0 spiro atoms. The number of carbonyl (C=O) groups excluding carboxylic acids is 1. The molecule has 0 aromatic heterocycles. The molecule has 2 aromatic rings. The summed E-state index contributed by atoms with van der Waals surface area (Å²) < 4.78 is 32.2. The molecule has 31 heavy (non-hydrogen) atoms. The highest BCUT2D eigenvalue weighted by atomic mass is 32.2. The molecule has 1 aliphatic rings. The third kappa shape index (κ3) is 6.13. The molecule has 3 rings (SSSR count). The molecule has 9 heteroatoms. The van der Waals surface area contributed by atoms with Gasteiger partial charge in [0.15, 0.2) is 5.11 Å². The highest BCUT2D eigenvalue weighted by molar-refractivity contribution is 7.89. The van der Waals surface area contributed by atoms with Gasteiger partial charge < -0.3 is 10.1 Å². The summed E-state index contributed by atoms with van der Waals surface area (Å²) >= 11 is 5.17. The number of methoxy groups -OCH3 is 1. The molecule has 7 nitrogen and oxygen atoms in total. The van der Waals surface area contributed by atoms with Gasteiger partial charge in [0, 0.05) is 30.4 Å². The van der Waals surface area contributed by atoms with Crippen molar-refractivity contribution in [1.82, 2.24) is 9.62 Å². The molecular weight excluding hydrogens is 434 g/mol. The molecule has 1 aliphatic heterocycles. The van der Waals surface area contributed by atoms with E-state index in [4.69, 9.17) is 17.0 Å². The molecule has 0 bridgehead atoms. The van der Waals surface area contributed by atoms with E-state index in [9.17, 15) is 13.2 Å². The predicted molar refractivity (Wildman–Crippen MR) is 125 cm³/mol. The van der Waals surface area contributed by atoms with Crippen LogP contribution in [-0.2, 0) is 14.8 Å². The van der Waals surface area contributed by atoms with Crippen LogP contribution in [0.3, 0.4) is 0 Å². The van der Waals surface area contributed by atoms with E-state index in [1.165, 1.54) is 22.5 Å². The quantitative estimate of drug-likeness (QED) is 0.509. The average molecular weight is 460 g/mol. The molecule has 0 atom stereocenters. The zero-order chi connectivity index (χ0) is 22.3. The first-order chi connectivity index (χ1) is 14.9. The first-order valence-corrected chi connectivity index (χ1v) is 11.8. The van der Waals surface area contributed by atoms with Crippen molar-refractivity contribution in [1.29, 1.82) is 0 Å². The number of sulfonamides is 1. The molecular formula is C22H25N3O4S2. The minimum absolute atomic E-state index is 0.112. The number of piperidine rings is 1. The van der Waals surface area contributed by atoms with Gasteiger partial charge in [-0.15, -0.1) is 0 Å². The summed E-state index contributed by atoms with van der Waals surface area (Å²) in [5.74, 6) is 0.263. The minimum Gasteiger partial charge on any atom is -0.496 e. The van der Waals surface area contributed by atoms with Crippen molar-refractivity contribution < 1.29 is 17.9 Å². The minimum atomic E-state index is -3.48. The normalized spacial score (nSPS) is 14.9. The first kappa shape index (κ1) is 22.9. The van der Waals surface area contributed by atoms with E-state index >= 15 is 0 Å². The van der Waals surface area contributed by atoms with E-state index in [0.717, 1.165) is 24.8 Å². The Morgan fingerprint density at radius 3 is 2.42 bits per heavy atom. The summed E-state index contributed by atoms with van der Waals surface area (Å²) in [5.41, 5.74) is 1.35. The Balaban J connectivity index is 1.57. The summed E-state index contributed by atoms with van der Waals surface area (Å²) in [4.78, 5) is 12.4. The van der Waals surface area contributed by atoms with Crippen molar-refractivity contribution in [2.75, 3.05) is 25.5 Å². The fourth-order valence-corrected chi connectivity index (χ4v) is 4.99. The number of carbonyl (C=O) groups is 1. The smallest absolute Gasteiger partial charge is 0.250 e. The van der Waals surface area contributed by atoms with Crippen LogP contribution in [0.4, 0.5) is 5.69 Å². The van der Waals surface area contributed by atoms with Gasteiger partial charge in [0.2, 0.25) is 15.9 Å². The number of ether oxygens (including phenoxy) is 1. The van der Waals surface area contributed by atoms with Gasteiger partial charge in [-0.25, -0.2) is 8.42 Å². The van der Waals surface area contributed by atoms with Gasteiger partial charge in [0.25, 0.3) is 0 Å². The first-order valence-electron chi connectivity index (χ1n) is 9.93. The summed E-state index contributed by atoms with van der Waals surface area (Å²) in [6.07, 6.45) is 5.83. The van der Waals surface area contributed by atoms with Crippen molar-refractivity contribution in [3.63, 3.8) is 0 Å². The van der Waals surface area contributed by atoms with Gasteiger partial charge in [-0.3, -0.25) is 10.1 Å². The number of thiocarbonyl (C=S) groups is 1. The number of nitrogens with one attached hydrogen (secondary N) is 2. The van der Waals surface area contributed by atoms with Crippen molar-refractivity contribution in [3.8, 4) is 5.75 Å². The number of nitrogens with zero attached hydrogens (tertiary/aromatic N) is 1. The van der Waals surface area contributed by atoms with Crippen LogP contribution in [0.25, 0.3) is 6.08 Å². The Morgan fingerprint density at radius 2 is 1.74 bits per heavy atom. The van der Waals surface area contributed by atoms with Crippen molar-refractivity contribution >= 4 is 45.0 Å². The number of rotatable bonds is 6. The summed E-state index contributed by atoms with van der Waals surface area (Å²) in [7, 11) is -1.92. The van der Waals surface area contributed by atoms with E-state index in [1.54, 1.807) is 31.4 Å². The maximum absolute atomic E-state index is 12.7. The van der Waals surface area contributed by atoms with Crippen LogP contribution in [0.1, 0.15) is 24.8 Å². The second kappa shape index (κ2) is 10.5. The summed E-state index contributed by atoms with van der Waals surface area (Å²) in [5, 5.41) is 5.56. The predicted octanol–water partition coefficient (Wildman–Crippen LogP) is 3.40. The van der Waals surface area contributed by atoms with Crippen LogP contribution in [0.15, 0.2) is 59.5 Å². The largest absolute Gasteiger partial charge is 0.496 e. The molecule has 0 unspecified atom stereocenters. The fourth-order valence-electron chi connectivity index (χ4n) is 3.25. The average Bonchev–Trinajstić information content (AvgIpc) is 2.78. The number of amides is 1. The lowest BCUT2D eigenvalue weighted by Gasteiger charge is -2.25.